The Balaban J connectivity index is 2.55. The van der Waals surface area contributed by atoms with Crippen LogP contribution in [0.2, 0.25) is 24.7 Å². The van der Waals surface area contributed by atoms with Crippen molar-refractivity contribution in [2.24, 2.45) is 0 Å². The lowest BCUT2D eigenvalue weighted by atomic mass is 10.0. The Labute approximate surface area is 132 Å². The van der Waals surface area contributed by atoms with Crippen molar-refractivity contribution in [3.05, 3.63) is 47.1 Å². The summed E-state index contributed by atoms with van der Waals surface area (Å²) < 4.78 is 5.19. The van der Waals surface area contributed by atoms with Crippen LogP contribution in [-0.2, 0) is 0 Å². The molecule has 1 heterocycles. The van der Waals surface area contributed by atoms with Gasteiger partial charge in [0, 0.05) is 22.8 Å². The van der Waals surface area contributed by atoms with E-state index in [1.54, 1.807) is 13.3 Å². The third-order valence-electron chi connectivity index (χ3n) is 2.81. The number of methoxy groups -OCH3 is 1. The van der Waals surface area contributed by atoms with Gasteiger partial charge in [-0.25, -0.2) is 4.98 Å². The molecule has 0 bridgehead atoms. The first-order valence-electron chi connectivity index (χ1n) is 6.72. The maximum atomic E-state index is 6.14. The van der Waals surface area contributed by atoms with Crippen molar-refractivity contribution in [3.8, 4) is 28.5 Å². The molecular formula is C17H18ClNOSi. The number of halogens is 1. The fourth-order valence-corrected chi connectivity index (χ4v) is 2.49. The summed E-state index contributed by atoms with van der Waals surface area (Å²) in [5.74, 6) is 3.89. The van der Waals surface area contributed by atoms with Gasteiger partial charge in [-0.15, -0.1) is 5.54 Å². The summed E-state index contributed by atoms with van der Waals surface area (Å²) in [5.41, 5.74) is 6.39. The number of hydrogen-bond donors (Lipinski definition) is 0. The molecule has 0 saturated heterocycles. The predicted molar refractivity (Wildman–Crippen MR) is 91.5 cm³/mol. The second-order valence-corrected chi connectivity index (χ2v) is 11.0. The normalized spacial score (nSPS) is 10.7. The van der Waals surface area contributed by atoms with Crippen molar-refractivity contribution < 1.29 is 4.74 Å². The second kappa shape index (κ2) is 6.34. The van der Waals surface area contributed by atoms with Crippen LogP contribution in [0.3, 0.4) is 0 Å². The quantitative estimate of drug-likeness (QED) is 0.595. The summed E-state index contributed by atoms with van der Waals surface area (Å²) in [6, 6.07) is 9.61. The highest BCUT2D eigenvalue weighted by Gasteiger charge is 2.10. The molecular weight excluding hydrogens is 298 g/mol. The van der Waals surface area contributed by atoms with Gasteiger partial charge in [-0.2, -0.15) is 0 Å². The van der Waals surface area contributed by atoms with Crippen molar-refractivity contribution >= 4 is 19.7 Å². The van der Waals surface area contributed by atoms with E-state index < -0.39 is 8.07 Å². The number of rotatable bonds is 2. The van der Waals surface area contributed by atoms with Crippen LogP contribution in [0, 0.1) is 11.5 Å². The van der Waals surface area contributed by atoms with E-state index in [1.807, 2.05) is 30.3 Å². The van der Waals surface area contributed by atoms with Crippen LogP contribution < -0.4 is 4.74 Å². The number of nitrogens with zero attached hydrogens (tertiary/aromatic N) is 1. The smallest absolute Gasteiger partial charge is 0.213 e. The van der Waals surface area contributed by atoms with Crippen LogP contribution in [0.15, 0.2) is 36.5 Å². The van der Waals surface area contributed by atoms with E-state index >= 15 is 0 Å². The second-order valence-electron chi connectivity index (χ2n) is 5.78. The molecule has 0 spiro atoms. The monoisotopic (exact) mass is 315 g/mol. The van der Waals surface area contributed by atoms with Crippen LogP contribution >= 0.6 is 11.6 Å². The average molecular weight is 316 g/mol. The van der Waals surface area contributed by atoms with E-state index in [0.29, 0.717) is 10.9 Å². The van der Waals surface area contributed by atoms with Gasteiger partial charge in [0.1, 0.15) is 8.07 Å². The standard InChI is InChI=1S/C17H18ClNOSi/c1-20-17-11-14(7-9-19-17)16-12-15(18)6-5-13(16)8-10-21(2,3)4/h5-7,9,11-12H,1-4H3. The summed E-state index contributed by atoms with van der Waals surface area (Å²) in [5, 5.41) is 0.694. The summed E-state index contributed by atoms with van der Waals surface area (Å²) >= 11 is 6.14. The van der Waals surface area contributed by atoms with E-state index in [0.717, 1.165) is 16.7 Å². The molecule has 0 radical (unpaired) electrons. The first kappa shape index (κ1) is 15.6. The van der Waals surface area contributed by atoms with Crippen molar-refractivity contribution in [2.75, 3.05) is 7.11 Å². The van der Waals surface area contributed by atoms with Crippen LogP contribution in [0.5, 0.6) is 5.88 Å². The lowest BCUT2D eigenvalue weighted by Gasteiger charge is -2.08. The van der Waals surface area contributed by atoms with Crippen LogP contribution in [0.4, 0.5) is 0 Å². The zero-order valence-corrected chi connectivity index (χ0v) is 14.5. The van der Waals surface area contributed by atoms with Gasteiger partial charge in [0.05, 0.1) is 7.11 Å². The van der Waals surface area contributed by atoms with Gasteiger partial charge in [-0.05, 0) is 35.4 Å². The highest BCUT2D eigenvalue weighted by Crippen LogP contribution is 2.28. The maximum absolute atomic E-state index is 6.14. The Hall–Kier alpha value is -1.76. The van der Waals surface area contributed by atoms with Crippen molar-refractivity contribution in [2.45, 2.75) is 19.6 Å². The van der Waals surface area contributed by atoms with E-state index in [1.165, 1.54) is 0 Å². The lowest BCUT2D eigenvalue weighted by molar-refractivity contribution is 0.398. The van der Waals surface area contributed by atoms with Crippen LogP contribution in [-0.4, -0.2) is 20.2 Å². The number of aromatic nitrogens is 1. The van der Waals surface area contributed by atoms with Gasteiger partial charge in [0.2, 0.25) is 5.88 Å². The molecule has 108 valence electrons. The Bertz CT molecular complexity index is 711. The van der Waals surface area contributed by atoms with Gasteiger partial charge in [-0.3, -0.25) is 0 Å². The van der Waals surface area contributed by atoms with Gasteiger partial charge < -0.3 is 4.74 Å². The Kier molecular flexibility index (Phi) is 4.72. The topological polar surface area (TPSA) is 22.1 Å². The van der Waals surface area contributed by atoms with E-state index in [2.05, 4.69) is 36.1 Å². The molecule has 1 aromatic carbocycles. The zero-order chi connectivity index (χ0) is 15.5. The molecule has 0 unspecified atom stereocenters. The van der Waals surface area contributed by atoms with Gasteiger partial charge in [0.15, 0.2) is 0 Å². The first-order chi connectivity index (χ1) is 9.89. The highest BCUT2D eigenvalue weighted by molar-refractivity contribution is 6.83. The van der Waals surface area contributed by atoms with E-state index in [9.17, 15) is 0 Å². The molecule has 0 N–H and O–H groups in total. The van der Waals surface area contributed by atoms with Crippen molar-refractivity contribution in [1.29, 1.82) is 0 Å². The van der Waals surface area contributed by atoms with E-state index in [4.69, 9.17) is 16.3 Å². The van der Waals surface area contributed by atoms with E-state index in [-0.39, 0.29) is 0 Å². The molecule has 2 rings (SSSR count). The largest absolute Gasteiger partial charge is 0.481 e. The van der Waals surface area contributed by atoms with Gasteiger partial charge in [0.25, 0.3) is 0 Å². The Morgan fingerprint density at radius 1 is 1.14 bits per heavy atom. The molecule has 0 fully saturated rings. The van der Waals surface area contributed by atoms with Crippen molar-refractivity contribution in [1.82, 2.24) is 4.98 Å². The average Bonchev–Trinajstić information content (AvgIpc) is 2.45. The zero-order valence-electron chi connectivity index (χ0n) is 12.7. The minimum atomic E-state index is -1.43. The number of pyridine rings is 1. The molecule has 4 heteroatoms. The molecule has 0 atom stereocenters. The predicted octanol–water partition coefficient (Wildman–Crippen LogP) is 4.64. The fourth-order valence-electron chi connectivity index (χ4n) is 1.81. The summed E-state index contributed by atoms with van der Waals surface area (Å²) in [4.78, 5) is 4.14. The lowest BCUT2D eigenvalue weighted by Crippen LogP contribution is -2.16. The van der Waals surface area contributed by atoms with Crippen molar-refractivity contribution in [3.63, 3.8) is 0 Å². The summed E-state index contributed by atoms with van der Waals surface area (Å²) in [6.45, 7) is 6.68. The highest BCUT2D eigenvalue weighted by atomic mass is 35.5. The number of benzene rings is 1. The molecule has 0 aliphatic heterocycles. The number of ether oxygens (including phenoxy) is 1. The van der Waals surface area contributed by atoms with Gasteiger partial charge in [-0.1, -0.05) is 37.2 Å². The number of hydrogen-bond acceptors (Lipinski definition) is 2. The maximum Gasteiger partial charge on any atom is 0.213 e. The summed E-state index contributed by atoms with van der Waals surface area (Å²) in [7, 11) is 0.181. The minimum Gasteiger partial charge on any atom is -0.481 e. The van der Waals surface area contributed by atoms with Crippen LogP contribution in [0.25, 0.3) is 11.1 Å². The molecule has 2 aromatic rings. The molecule has 0 saturated carbocycles. The molecule has 0 amide bonds. The first-order valence-corrected chi connectivity index (χ1v) is 10.6. The third-order valence-corrected chi connectivity index (χ3v) is 3.92. The van der Waals surface area contributed by atoms with Crippen LogP contribution in [0.1, 0.15) is 5.56 Å². The minimum absolute atomic E-state index is 0.580. The van der Waals surface area contributed by atoms with Gasteiger partial charge >= 0.3 is 0 Å². The molecule has 1 aromatic heterocycles. The molecule has 0 aliphatic carbocycles. The summed E-state index contributed by atoms with van der Waals surface area (Å²) in [6.07, 6.45) is 1.73. The Morgan fingerprint density at radius 2 is 1.90 bits per heavy atom. The molecule has 2 nitrogen and oxygen atoms in total. The molecule has 21 heavy (non-hydrogen) atoms. The Morgan fingerprint density at radius 3 is 2.57 bits per heavy atom. The molecule has 0 aliphatic rings. The SMILES string of the molecule is COc1cc(-c2cc(Cl)ccc2C#C[Si](C)(C)C)ccn1. The fraction of sp³-hybridized carbons (Fsp3) is 0.235. The third kappa shape index (κ3) is 4.35.